The molecule has 1 aliphatic rings. The zero-order chi connectivity index (χ0) is 19.6. The van der Waals surface area contributed by atoms with Crippen molar-refractivity contribution >= 4 is 17.2 Å². The Morgan fingerprint density at radius 3 is 1.96 bits per heavy atom. The Hall–Kier alpha value is -3.53. The number of benzene rings is 3. The third kappa shape index (κ3) is 3.25. The number of para-hydroxylation sites is 2. The van der Waals surface area contributed by atoms with Crippen molar-refractivity contribution in [2.75, 3.05) is 4.90 Å². The van der Waals surface area contributed by atoms with Gasteiger partial charge in [-0.3, -0.25) is 15.0 Å². The van der Waals surface area contributed by atoms with Gasteiger partial charge in [-0.25, -0.2) is 0 Å². The highest BCUT2D eigenvalue weighted by Gasteiger charge is 2.43. The minimum atomic E-state index is -1.07. The summed E-state index contributed by atoms with van der Waals surface area (Å²) in [4.78, 5) is 15.1. The van der Waals surface area contributed by atoms with Gasteiger partial charge >= 0.3 is 0 Å². The number of amides is 1. The summed E-state index contributed by atoms with van der Waals surface area (Å²) >= 11 is 0. The predicted octanol–water partition coefficient (Wildman–Crippen LogP) is 4.81. The maximum Gasteiger partial charge on any atom is 0.265 e. The van der Waals surface area contributed by atoms with E-state index in [-0.39, 0.29) is 5.91 Å². The lowest BCUT2D eigenvalue weighted by molar-refractivity contribution is -0.121. The second kappa shape index (κ2) is 7.24. The van der Waals surface area contributed by atoms with Crippen molar-refractivity contribution in [3.05, 3.63) is 102 Å². The number of rotatable bonds is 4. The lowest BCUT2D eigenvalue weighted by Gasteiger charge is -2.46. The third-order valence-corrected chi connectivity index (χ3v) is 4.83. The number of nitrogens with one attached hydrogen (secondary N) is 1. The molecule has 4 nitrogen and oxygen atoms in total. The van der Waals surface area contributed by atoms with E-state index in [9.17, 15) is 4.79 Å². The molecule has 0 saturated carbocycles. The molecule has 0 radical (unpaired) electrons. The van der Waals surface area contributed by atoms with Crippen LogP contribution in [0, 0.1) is 0 Å². The van der Waals surface area contributed by atoms with Crippen molar-refractivity contribution in [3.63, 3.8) is 0 Å². The molecule has 1 aliphatic heterocycles. The van der Waals surface area contributed by atoms with Gasteiger partial charge in [-0.1, -0.05) is 66.7 Å². The van der Waals surface area contributed by atoms with Crippen LogP contribution in [-0.4, -0.2) is 11.8 Å². The quantitative estimate of drug-likeness (QED) is 0.717. The second-order valence-corrected chi connectivity index (χ2v) is 6.85. The topological polar surface area (TPSA) is 41.6 Å². The molecule has 1 unspecified atom stereocenters. The molecular formula is C24H22N2O2. The maximum atomic E-state index is 13.1. The first kappa shape index (κ1) is 17.9. The van der Waals surface area contributed by atoms with E-state index in [1.165, 1.54) is 0 Å². The molecule has 1 heterocycles. The first-order valence-corrected chi connectivity index (χ1v) is 9.27. The van der Waals surface area contributed by atoms with Gasteiger partial charge in [-0.2, -0.15) is 0 Å². The average Bonchev–Trinajstić information content (AvgIpc) is 2.70. The van der Waals surface area contributed by atoms with Gasteiger partial charge in [0.15, 0.2) is 0 Å². The molecule has 28 heavy (non-hydrogen) atoms. The average molecular weight is 370 g/mol. The minimum absolute atomic E-state index is 0.158. The van der Waals surface area contributed by atoms with Crippen LogP contribution in [0.15, 0.2) is 96.7 Å². The Bertz CT molecular complexity index is 1000. The molecule has 140 valence electrons. The van der Waals surface area contributed by atoms with E-state index >= 15 is 0 Å². The summed E-state index contributed by atoms with van der Waals surface area (Å²) in [6, 6.07) is 29.2. The van der Waals surface area contributed by atoms with Crippen LogP contribution >= 0.6 is 0 Å². The van der Waals surface area contributed by atoms with E-state index in [1.807, 2.05) is 110 Å². The van der Waals surface area contributed by atoms with Gasteiger partial charge in [0.1, 0.15) is 5.75 Å². The molecule has 0 fully saturated rings. The lowest BCUT2D eigenvalue weighted by atomic mass is 9.99. The van der Waals surface area contributed by atoms with E-state index < -0.39 is 5.85 Å². The lowest BCUT2D eigenvalue weighted by Crippen LogP contribution is -2.65. The molecule has 1 N–H and O–H groups in total. The number of ether oxygens (including phenoxy) is 1. The standard InChI is InChI=1S/C24H22N2O2/c1-18-22(19-12-6-3-7-13-19)23(27)25-24(2,28-21-16-10-5-11-17-21)26(18)20-14-8-4-9-15-20/h3-17H,1-2H3,(H,25,27). The molecule has 1 amide bonds. The molecule has 4 heteroatoms. The fraction of sp³-hybridized carbons (Fsp3) is 0.125. The largest absolute Gasteiger partial charge is 0.450 e. The van der Waals surface area contributed by atoms with Crippen LogP contribution in [0.1, 0.15) is 19.4 Å². The predicted molar refractivity (Wildman–Crippen MR) is 112 cm³/mol. The molecule has 0 bridgehead atoms. The third-order valence-electron chi connectivity index (χ3n) is 4.83. The van der Waals surface area contributed by atoms with Crippen molar-refractivity contribution in [2.45, 2.75) is 19.7 Å². The summed E-state index contributed by atoms with van der Waals surface area (Å²) < 4.78 is 6.29. The van der Waals surface area contributed by atoms with Gasteiger partial charge in [0.2, 0.25) is 0 Å². The molecule has 3 aromatic rings. The van der Waals surface area contributed by atoms with Gasteiger partial charge in [-0.15, -0.1) is 0 Å². The number of nitrogens with zero attached hydrogens (tertiary/aromatic N) is 1. The van der Waals surface area contributed by atoms with Crippen molar-refractivity contribution in [1.29, 1.82) is 0 Å². The van der Waals surface area contributed by atoms with Gasteiger partial charge in [0.25, 0.3) is 11.8 Å². The summed E-state index contributed by atoms with van der Waals surface area (Å²) in [6.45, 7) is 3.83. The van der Waals surface area contributed by atoms with E-state index in [0.29, 0.717) is 11.3 Å². The molecule has 0 aliphatic carbocycles. The Kier molecular flexibility index (Phi) is 4.62. The van der Waals surface area contributed by atoms with Gasteiger partial charge in [0.05, 0.1) is 5.57 Å². The fourth-order valence-electron chi connectivity index (χ4n) is 3.68. The number of hydrogen-bond donors (Lipinski definition) is 1. The number of allylic oxidation sites excluding steroid dienone is 1. The van der Waals surface area contributed by atoms with Crippen LogP contribution in [0.2, 0.25) is 0 Å². The van der Waals surface area contributed by atoms with Crippen LogP contribution in [0.25, 0.3) is 5.57 Å². The first-order valence-electron chi connectivity index (χ1n) is 9.27. The van der Waals surface area contributed by atoms with E-state index in [0.717, 1.165) is 16.9 Å². The summed E-state index contributed by atoms with van der Waals surface area (Å²) in [5.74, 6) is -0.543. The Balaban J connectivity index is 1.86. The minimum Gasteiger partial charge on any atom is -0.450 e. The monoisotopic (exact) mass is 370 g/mol. The zero-order valence-electron chi connectivity index (χ0n) is 15.9. The maximum absolute atomic E-state index is 13.1. The number of carbonyl (C=O) groups is 1. The van der Waals surface area contributed by atoms with Crippen LogP contribution in [-0.2, 0) is 4.79 Å². The summed E-state index contributed by atoms with van der Waals surface area (Å²) in [6.07, 6.45) is 0. The Morgan fingerprint density at radius 1 is 0.821 bits per heavy atom. The highest BCUT2D eigenvalue weighted by Crippen LogP contribution is 2.36. The van der Waals surface area contributed by atoms with Gasteiger partial charge in [-0.05, 0) is 36.8 Å². The van der Waals surface area contributed by atoms with Crippen molar-refractivity contribution < 1.29 is 9.53 Å². The highest BCUT2D eigenvalue weighted by atomic mass is 16.5. The Morgan fingerprint density at radius 2 is 1.36 bits per heavy atom. The van der Waals surface area contributed by atoms with Gasteiger partial charge < -0.3 is 4.74 Å². The SMILES string of the molecule is CC1=C(c2ccccc2)C(=O)NC(C)(Oc2ccccc2)N1c1ccccc1. The molecule has 3 aromatic carbocycles. The van der Waals surface area contributed by atoms with Crippen molar-refractivity contribution in [1.82, 2.24) is 5.32 Å². The molecule has 1 atom stereocenters. The number of carbonyl (C=O) groups excluding carboxylic acids is 1. The molecule has 0 aromatic heterocycles. The van der Waals surface area contributed by atoms with Crippen LogP contribution < -0.4 is 15.0 Å². The van der Waals surface area contributed by atoms with E-state index in [4.69, 9.17) is 4.74 Å². The van der Waals surface area contributed by atoms with Crippen LogP contribution in [0.5, 0.6) is 5.75 Å². The molecule has 0 saturated heterocycles. The first-order chi connectivity index (χ1) is 13.6. The highest BCUT2D eigenvalue weighted by molar-refractivity contribution is 6.22. The van der Waals surface area contributed by atoms with Gasteiger partial charge in [0, 0.05) is 18.3 Å². The number of hydrogen-bond acceptors (Lipinski definition) is 3. The molecule has 4 rings (SSSR count). The van der Waals surface area contributed by atoms with Crippen molar-refractivity contribution in [3.8, 4) is 5.75 Å². The molecular weight excluding hydrogens is 348 g/mol. The fourth-order valence-corrected chi connectivity index (χ4v) is 3.68. The normalized spacial score (nSPS) is 19.4. The van der Waals surface area contributed by atoms with E-state index in [1.54, 1.807) is 0 Å². The molecule has 0 spiro atoms. The van der Waals surface area contributed by atoms with Crippen LogP contribution in [0.4, 0.5) is 5.69 Å². The van der Waals surface area contributed by atoms with Crippen LogP contribution in [0.3, 0.4) is 0 Å². The smallest absolute Gasteiger partial charge is 0.265 e. The summed E-state index contributed by atoms with van der Waals surface area (Å²) in [5.41, 5.74) is 3.28. The summed E-state index contributed by atoms with van der Waals surface area (Å²) in [5, 5.41) is 3.08. The second-order valence-electron chi connectivity index (χ2n) is 6.85. The van der Waals surface area contributed by atoms with E-state index in [2.05, 4.69) is 5.32 Å². The number of anilines is 1. The summed E-state index contributed by atoms with van der Waals surface area (Å²) in [7, 11) is 0. The van der Waals surface area contributed by atoms with Crippen molar-refractivity contribution in [2.24, 2.45) is 0 Å². The Labute approximate surface area is 165 Å². The zero-order valence-corrected chi connectivity index (χ0v) is 15.9.